The molecule has 9 heteroatoms. The minimum atomic E-state index is -4.39. The van der Waals surface area contributed by atoms with E-state index in [9.17, 15) is 12.6 Å². The van der Waals surface area contributed by atoms with Gasteiger partial charge in [0.15, 0.2) is 0 Å². The Labute approximate surface area is 78.8 Å². The smallest absolute Gasteiger partial charge is 0.379 e. The van der Waals surface area contributed by atoms with Crippen LogP contribution in [0.3, 0.4) is 0 Å². The second-order valence-electron chi connectivity index (χ2n) is 1.71. The van der Waals surface area contributed by atoms with Crippen LogP contribution in [-0.2, 0) is 34.3 Å². The van der Waals surface area contributed by atoms with Gasteiger partial charge in [0.25, 0.3) is 0 Å². The van der Waals surface area contributed by atoms with Crippen molar-refractivity contribution in [3.63, 3.8) is 0 Å². The highest BCUT2D eigenvalue weighted by Crippen LogP contribution is 1.97. The van der Waals surface area contributed by atoms with E-state index in [1.165, 1.54) is 0 Å². The molecule has 1 N–H and O–H groups in total. The predicted molar refractivity (Wildman–Crippen MR) is 43.2 cm³/mol. The van der Waals surface area contributed by atoms with Gasteiger partial charge in [0.2, 0.25) is 0 Å². The summed E-state index contributed by atoms with van der Waals surface area (Å²) in [7, 11) is -4.39. The van der Waals surface area contributed by atoms with Crippen LogP contribution in [0, 0.1) is 0 Å². The zero-order valence-corrected chi connectivity index (χ0v) is 8.47. The number of ether oxygens (including phenoxy) is 1. The fourth-order valence-corrected chi connectivity index (χ4v) is 1.43. The van der Waals surface area contributed by atoms with Crippen molar-refractivity contribution in [1.29, 1.82) is 0 Å². The lowest BCUT2D eigenvalue weighted by molar-refractivity contribution is 0.108. The van der Waals surface area contributed by atoms with E-state index in [-0.39, 0.29) is 13.2 Å². The van der Waals surface area contributed by atoms with Crippen LogP contribution >= 0.6 is 0 Å². The van der Waals surface area contributed by atoms with Gasteiger partial charge in [-0.2, -0.15) is 12.6 Å². The van der Waals surface area contributed by atoms with Crippen molar-refractivity contribution in [3.8, 4) is 0 Å². The summed E-state index contributed by atoms with van der Waals surface area (Å²) in [6.45, 7) is 1.97. The van der Waals surface area contributed by atoms with E-state index in [4.69, 9.17) is 9.29 Å². The van der Waals surface area contributed by atoms with E-state index < -0.39 is 21.8 Å². The third kappa shape index (κ3) is 8.28. The first kappa shape index (κ1) is 12.9. The zero-order valence-electron chi connectivity index (χ0n) is 6.83. The summed E-state index contributed by atoms with van der Waals surface area (Å²) < 4.78 is 51.5. The van der Waals surface area contributed by atoms with Crippen molar-refractivity contribution in [2.75, 3.05) is 19.8 Å². The van der Waals surface area contributed by atoms with Gasteiger partial charge in [-0.15, -0.1) is 3.63 Å². The van der Waals surface area contributed by atoms with Crippen molar-refractivity contribution in [2.45, 2.75) is 6.92 Å². The molecule has 0 fully saturated rings. The van der Waals surface area contributed by atoms with E-state index in [0.717, 1.165) is 0 Å². The molecule has 0 saturated carbocycles. The standard InChI is InChI=1S/C4H10O7S2/c1-2-9-3-4-10-13(7,8)11-12(5)6/h2-4H2,1H3,(H,5,6). The molecular weight excluding hydrogens is 224 g/mol. The van der Waals surface area contributed by atoms with Crippen molar-refractivity contribution >= 4 is 21.8 Å². The van der Waals surface area contributed by atoms with Crippen LogP contribution in [0.1, 0.15) is 6.92 Å². The summed E-state index contributed by atoms with van der Waals surface area (Å²) >= 11 is -2.90. The molecule has 0 radical (unpaired) electrons. The molecule has 0 saturated heterocycles. The van der Waals surface area contributed by atoms with E-state index >= 15 is 0 Å². The molecule has 0 aromatic heterocycles. The summed E-state index contributed by atoms with van der Waals surface area (Å²) in [6, 6.07) is 0. The van der Waals surface area contributed by atoms with Crippen LogP contribution in [0.4, 0.5) is 0 Å². The van der Waals surface area contributed by atoms with Crippen LogP contribution in [0.5, 0.6) is 0 Å². The maximum atomic E-state index is 10.6. The molecule has 0 aliphatic heterocycles. The van der Waals surface area contributed by atoms with Crippen LogP contribution in [0.15, 0.2) is 0 Å². The van der Waals surface area contributed by atoms with E-state index in [0.29, 0.717) is 6.61 Å². The fraction of sp³-hybridized carbons (Fsp3) is 1.00. The van der Waals surface area contributed by atoms with Gasteiger partial charge in [-0.05, 0) is 6.92 Å². The van der Waals surface area contributed by atoms with Gasteiger partial charge in [-0.3, -0.25) is 4.55 Å². The molecule has 0 heterocycles. The Kier molecular flexibility index (Phi) is 6.37. The Hall–Kier alpha value is -0.0600. The summed E-state index contributed by atoms with van der Waals surface area (Å²) in [5.41, 5.74) is 0. The Morgan fingerprint density at radius 1 is 1.38 bits per heavy atom. The molecule has 0 spiro atoms. The second kappa shape index (κ2) is 6.40. The molecule has 1 unspecified atom stereocenters. The quantitative estimate of drug-likeness (QED) is 0.465. The van der Waals surface area contributed by atoms with Crippen molar-refractivity contribution < 1.29 is 29.7 Å². The average molecular weight is 234 g/mol. The molecule has 0 amide bonds. The van der Waals surface area contributed by atoms with E-state index in [1.807, 2.05) is 0 Å². The Bertz CT molecular complexity index is 245. The lowest BCUT2D eigenvalue weighted by Crippen LogP contribution is -2.14. The summed E-state index contributed by atoms with van der Waals surface area (Å²) in [6.07, 6.45) is 0. The summed E-state index contributed by atoms with van der Waals surface area (Å²) in [5.74, 6) is 0. The zero-order chi connectivity index (χ0) is 10.3. The van der Waals surface area contributed by atoms with Crippen molar-refractivity contribution in [2.24, 2.45) is 0 Å². The number of hydrogen-bond donors (Lipinski definition) is 1. The van der Waals surface area contributed by atoms with Gasteiger partial charge in [-0.25, -0.2) is 4.18 Å². The molecular formula is C4H10O7S2. The van der Waals surface area contributed by atoms with Crippen molar-refractivity contribution in [3.05, 3.63) is 0 Å². The third-order valence-electron chi connectivity index (χ3n) is 0.801. The molecule has 7 nitrogen and oxygen atoms in total. The maximum absolute atomic E-state index is 10.6. The molecule has 0 bridgehead atoms. The monoisotopic (exact) mass is 234 g/mol. The number of hydrogen-bond acceptors (Lipinski definition) is 6. The first-order valence-electron chi connectivity index (χ1n) is 3.26. The number of rotatable bonds is 7. The highest BCUT2D eigenvalue weighted by Gasteiger charge is 2.15. The largest absolute Gasteiger partial charge is 0.414 e. The lowest BCUT2D eigenvalue weighted by atomic mass is 10.8. The van der Waals surface area contributed by atoms with Crippen LogP contribution in [0.25, 0.3) is 0 Å². The molecule has 0 aromatic rings. The maximum Gasteiger partial charge on any atom is 0.414 e. The third-order valence-corrected chi connectivity index (χ3v) is 2.39. The van der Waals surface area contributed by atoms with E-state index in [1.54, 1.807) is 6.92 Å². The van der Waals surface area contributed by atoms with Gasteiger partial charge < -0.3 is 4.74 Å². The topological polar surface area (TPSA) is 99.1 Å². The lowest BCUT2D eigenvalue weighted by Gasteiger charge is -2.02. The van der Waals surface area contributed by atoms with Gasteiger partial charge in [0.05, 0.1) is 13.2 Å². The van der Waals surface area contributed by atoms with E-state index in [2.05, 4.69) is 7.81 Å². The SMILES string of the molecule is CCOCCOS(=O)(=O)OS(=O)O. The predicted octanol–water partition coefficient (Wildman–Crippen LogP) is -0.562. The minimum Gasteiger partial charge on any atom is -0.379 e. The molecule has 0 aliphatic rings. The molecule has 0 aliphatic carbocycles. The fourth-order valence-electron chi connectivity index (χ4n) is 0.430. The Morgan fingerprint density at radius 3 is 2.46 bits per heavy atom. The molecule has 0 rings (SSSR count). The molecule has 13 heavy (non-hydrogen) atoms. The first-order chi connectivity index (χ1) is 5.98. The molecule has 0 aromatic carbocycles. The van der Waals surface area contributed by atoms with Gasteiger partial charge in [0, 0.05) is 6.61 Å². The van der Waals surface area contributed by atoms with Crippen molar-refractivity contribution in [1.82, 2.24) is 0 Å². The summed E-state index contributed by atoms with van der Waals surface area (Å²) in [5, 5.41) is 0. The van der Waals surface area contributed by atoms with Gasteiger partial charge in [0.1, 0.15) is 0 Å². The molecule has 1 atom stereocenters. The summed E-state index contributed by atoms with van der Waals surface area (Å²) in [4.78, 5) is 0. The normalized spacial score (nSPS) is 14.3. The van der Waals surface area contributed by atoms with Crippen LogP contribution in [0.2, 0.25) is 0 Å². The van der Waals surface area contributed by atoms with Crippen LogP contribution < -0.4 is 0 Å². The highest BCUT2D eigenvalue weighted by molar-refractivity contribution is 7.92. The average Bonchev–Trinajstić information content (AvgIpc) is 1.95. The minimum absolute atomic E-state index is 0.0666. The Balaban J connectivity index is 3.71. The van der Waals surface area contributed by atoms with Gasteiger partial charge in [-0.1, -0.05) is 0 Å². The first-order valence-corrected chi connectivity index (χ1v) is 5.62. The Morgan fingerprint density at radius 2 is 2.00 bits per heavy atom. The van der Waals surface area contributed by atoms with Gasteiger partial charge >= 0.3 is 21.8 Å². The second-order valence-corrected chi connectivity index (χ2v) is 3.74. The van der Waals surface area contributed by atoms with Crippen LogP contribution in [-0.4, -0.2) is 37.0 Å². The molecule has 80 valence electrons. The highest BCUT2D eigenvalue weighted by atomic mass is 32.3.